The molecular formula is C20H14BrN5O2. The highest BCUT2D eigenvalue weighted by atomic mass is 79.9. The van der Waals surface area contributed by atoms with Crippen molar-refractivity contribution < 1.29 is 9.21 Å². The molecule has 0 aliphatic rings. The summed E-state index contributed by atoms with van der Waals surface area (Å²) in [6.07, 6.45) is 1.40. The van der Waals surface area contributed by atoms with Crippen LogP contribution in [-0.4, -0.2) is 20.7 Å². The van der Waals surface area contributed by atoms with E-state index in [2.05, 4.69) is 26.3 Å². The molecule has 8 heteroatoms. The molecule has 1 amide bonds. The SMILES string of the molecule is Cc1cc(-n2ncc(C#N)c2NC(=O)c2ccc(Br)o2)nc2c(C)cccc12. The van der Waals surface area contributed by atoms with E-state index in [1.807, 2.05) is 44.2 Å². The number of nitrogens with zero attached hydrogens (tertiary/aromatic N) is 4. The van der Waals surface area contributed by atoms with Gasteiger partial charge in [0.25, 0.3) is 5.91 Å². The molecule has 0 radical (unpaired) electrons. The summed E-state index contributed by atoms with van der Waals surface area (Å²) >= 11 is 3.17. The van der Waals surface area contributed by atoms with E-state index in [1.165, 1.54) is 16.9 Å². The Balaban J connectivity index is 1.82. The molecule has 0 aliphatic carbocycles. The number of hydrogen-bond donors (Lipinski definition) is 1. The van der Waals surface area contributed by atoms with Crippen molar-refractivity contribution in [1.29, 1.82) is 5.26 Å². The molecule has 0 saturated heterocycles. The number of aryl methyl sites for hydroxylation is 2. The zero-order chi connectivity index (χ0) is 19.8. The van der Waals surface area contributed by atoms with Crippen LogP contribution in [-0.2, 0) is 0 Å². The molecule has 3 aromatic heterocycles. The minimum Gasteiger partial charge on any atom is -0.444 e. The average molecular weight is 436 g/mol. The number of nitrogens with one attached hydrogen (secondary N) is 1. The van der Waals surface area contributed by atoms with Crippen LogP contribution in [0.4, 0.5) is 5.82 Å². The number of fused-ring (bicyclic) bond motifs is 1. The molecule has 0 atom stereocenters. The van der Waals surface area contributed by atoms with E-state index in [-0.39, 0.29) is 17.1 Å². The van der Waals surface area contributed by atoms with Gasteiger partial charge >= 0.3 is 0 Å². The lowest BCUT2D eigenvalue weighted by atomic mass is 10.1. The summed E-state index contributed by atoms with van der Waals surface area (Å²) in [5, 5.41) is 17.4. The second-order valence-corrected chi connectivity index (χ2v) is 7.04. The Morgan fingerprint density at radius 1 is 1.25 bits per heavy atom. The predicted octanol–water partition coefficient (Wildman–Crippen LogP) is 4.52. The maximum atomic E-state index is 12.5. The molecule has 3 heterocycles. The van der Waals surface area contributed by atoms with E-state index < -0.39 is 5.91 Å². The molecule has 0 unspecified atom stereocenters. The highest BCUT2D eigenvalue weighted by Gasteiger charge is 2.19. The molecule has 28 heavy (non-hydrogen) atoms. The van der Waals surface area contributed by atoms with Crippen LogP contribution in [0, 0.1) is 25.2 Å². The maximum absolute atomic E-state index is 12.5. The van der Waals surface area contributed by atoms with Gasteiger partial charge in [-0.15, -0.1) is 0 Å². The van der Waals surface area contributed by atoms with Gasteiger partial charge in [0.05, 0.1) is 11.7 Å². The lowest BCUT2D eigenvalue weighted by molar-refractivity contribution is 0.0994. The number of nitriles is 1. The summed E-state index contributed by atoms with van der Waals surface area (Å²) in [5.41, 5.74) is 3.12. The molecule has 138 valence electrons. The van der Waals surface area contributed by atoms with Gasteiger partial charge in [-0.2, -0.15) is 15.0 Å². The average Bonchev–Trinajstić information content (AvgIpc) is 3.28. The van der Waals surface area contributed by atoms with Crippen molar-refractivity contribution in [3.8, 4) is 11.9 Å². The van der Waals surface area contributed by atoms with Crippen molar-refractivity contribution in [3.05, 3.63) is 69.7 Å². The van der Waals surface area contributed by atoms with Gasteiger partial charge < -0.3 is 9.73 Å². The molecule has 4 aromatic rings. The lowest BCUT2D eigenvalue weighted by Gasteiger charge is -2.11. The first-order valence-corrected chi connectivity index (χ1v) is 9.19. The van der Waals surface area contributed by atoms with Gasteiger partial charge in [-0.3, -0.25) is 4.79 Å². The molecule has 1 N–H and O–H groups in total. The lowest BCUT2D eigenvalue weighted by Crippen LogP contribution is -2.16. The number of rotatable bonds is 3. The fourth-order valence-corrected chi connectivity index (χ4v) is 3.29. The number of benzene rings is 1. The van der Waals surface area contributed by atoms with Crippen molar-refractivity contribution in [3.63, 3.8) is 0 Å². The fraction of sp³-hybridized carbons (Fsp3) is 0.100. The van der Waals surface area contributed by atoms with E-state index in [1.54, 1.807) is 6.07 Å². The Morgan fingerprint density at radius 3 is 2.79 bits per heavy atom. The minimum atomic E-state index is -0.488. The zero-order valence-electron chi connectivity index (χ0n) is 15.0. The molecule has 1 aromatic carbocycles. The monoisotopic (exact) mass is 435 g/mol. The Hall–Kier alpha value is -3.44. The van der Waals surface area contributed by atoms with E-state index in [0.717, 1.165) is 22.0 Å². The van der Waals surface area contributed by atoms with Gasteiger partial charge in [0, 0.05) is 5.39 Å². The Bertz CT molecular complexity index is 1270. The first-order valence-electron chi connectivity index (χ1n) is 8.40. The predicted molar refractivity (Wildman–Crippen MR) is 107 cm³/mol. The van der Waals surface area contributed by atoms with Crippen LogP contribution in [0.2, 0.25) is 0 Å². The highest BCUT2D eigenvalue weighted by molar-refractivity contribution is 9.10. The molecular weight excluding hydrogens is 422 g/mol. The highest BCUT2D eigenvalue weighted by Crippen LogP contribution is 2.26. The number of amides is 1. The topological polar surface area (TPSA) is 96.7 Å². The van der Waals surface area contributed by atoms with Crippen LogP contribution >= 0.6 is 15.9 Å². The van der Waals surface area contributed by atoms with Crippen molar-refractivity contribution >= 4 is 38.6 Å². The normalized spacial score (nSPS) is 10.8. The summed E-state index contributed by atoms with van der Waals surface area (Å²) < 4.78 is 7.17. The van der Waals surface area contributed by atoms with Crippen molar-refractivity contribution in [2.75, 3.05) is 5.32 Å². The minimum absolute atomic E-state index is 0.113. The largest absolute Gasteiger partial charge is 0.444 e. The van der Waals surface area contributed by atoms with Gasteiger partial charge in [0.15, 0.2) is 22.1 Å². The summed E-state index contributed by atoms with van der Waals surface area (Å²) in [4.78, 5) is 17.2. The first kappa shape index (κ1) is 17.9. The van der Waals surface area contributed by atoms with E-state index in [4.69, 9.17) is 9.40 Å². The standard InChI is InChI=1S/C20H14BrN5O2/c1-11-4-3-5-14-12(2)8-17(24-18(11)14)26-19(13(9-22)10-23-26)25-20(27)15-6-7-16(21)28-15/h3-8,10H,1-2H3,(H,25,27). The Morgan fingerprint density at radius 2 is 2.07 bits per heavy atom. The van der Waals surface area contributed by atoms with Crippen LogP contribution in [0.25, 0.3) is 16.7 Å². The zero-order valence-corrected chi connectivity index (χ0v) is 16.6. The summed E-state index contributed by atoms with van der Waals surface area (Å²) in [7, 11) is 0. The number of hydrogen-bond acceptors (Lipinski definition) is 5. The number of pyridine rings is 1. The van der Waals surface area contributed by atoms with Crippen LogP contribution in [0.5, 0.6) is 0 Å². The molecule has 4 rings (SSSR count). The number of furan rings is 1. The number of para-hydroxylation sites is 1. The van der Waals surface area contributed by atoms with Crippen molar-refractivity contribution in [2.24, 2.45) is 0 Å². The van der Waals surface area contributed by atoms with Gasteiger partial charge in [0.2, 0.25) is 0 Å². The van der Waals surface area contributed by atoms with Crippen LogP contribution in [0.3, 0.4) is 0 Å². The smallest absolute Gasteiger partial charge is 0.292 e. The fourth-order valence-electron chi connectivity index (χ4n) is 2.98. The maximum Gasteiger partial charge on any atom is 0.292 e. The third-order valence-corrected chi connectivity index (χ3v) is 4.80. The van der Waals surface area contributed by atoms with E-state index >= 15 is 0 Å². The van der Waals surface area contributed by atoms with Crippen molar-refractivity contribution in [1.82, 2.24) is 14.8 Å². The molecule has 0 fully saturated rings. The molecule has 0 bridgehead atoms. The Labute approximate surface area is 168 Å². The summed E-state index contributed by atoms with van der Waals surface area (Å²) in [6, 6.07) is 13.1. The quantitative estimate of drug-likeness (QED) is 0.510. The molecule has 0 saturated carbocycles. The number of anilines is 1. The molecule has 0 spiro atoms. The number of aromatic nitrogens is 3. The van der Waals surface area contributed by atoms with Crippen molar-refractivity contribution in [2.45, 2.75) is 13.8 Å². The Kier molecular flexibility index (Phi) is 4.45. The van der Waals surface area contributed by atoms with Gasteiger partial charge in [-0.25, -0.2) is 4.98 Å². The molecule has 7 nitrogen and oxygen atoms in total. The third kappa shape index (κ3) is 3.06. The molecule has 0 aliphatic heterocycles. The van der Waals surface area contributed by atoms with Crippen LogP contribution in [0.15, 0.2) is 51.7 Å². The van der Waals surface area contributed by atoms with Gasteiger partial charge in [0.1, 0.15) is 11.6 Å². The van der Waals surface area contributed by atoms with Crippen LogP contribution in [0.1, 0.15) is 27.2 Å². The summed E-state index contributed by atoms with van der Waals surface area (Å²) in [6.45, 7) is 3.97. The third-order valence-electron chi connectivity index (χ3n) is 4.37. The number of carbonyl (C=O) groups is 1. The van der Waals surface area contributed by atoms with Gasteiger partial charge in [-0.1, -0.05) is 18.2 Å². The first-order chi connectivity index (χ1) is 13.5. The number of carbonyl (C=O) groups excluding carboxylic acids is 1. The second-order valence-electron chi connectivity index (χ2n) is 6.26. The number of halogens is 1. The van der Waals surface area contributed by atoms with E-state index in [0.29, 0.717) is 10.5 Å². The van der Waals surface area contributed by atoms with Crippen LogP contribution < -0.4 is 5.32 Å². The van der Waals surface area contributed by atoms with Gasteiger partial charge in [-0.05, 0) is 59.1 Å². The van der Waals surface area contributed by atoms with E-state index in [9.17, 15) is 10.1 Å². The second kappa shape index (κ2) is 6.94. The summed E-state index contributed by atoms with van der Waals surface area (Å²) in [5.74, 6) is 0.372.